The quantitative estimate of drug-likeness (QED) is 0.203. The molecule has 0 saturated carbocycles. The van der Waals surface area contributed by atoms with E-state index in [-0.39, 0.29) is 5.28 Å². The lowest BCUT2D eigenvalue weighted by atomic mass is 9.95. The third-order valence-corrected chi connectivity index (χ3v) is 8.72. The van der Waals surface area contributed by atoms with Crippen molar-refractivity contribution in [3.8, 4) is 34.2 Å². The van der Waals surface area contributed by atoms with Crippen molar-refractivity contribution >= 4 is 55.2 Å². The lowest BCUT2D eigenvalue weighted by Crippen LogP contribution is -2.05. The Labute approximate surface area is 263 Å². The second-order valence-corrected chi connectivity index (χ2v) is 11.4. The topological polar surface area (TPSA) is 48.5 Å². The van der Waals surface area contributed by atoms with E-state index >= 15 is 0 Å². The monoisotopic (exact) mass is 597 g/mol. The number of para-hydroxylation sites is 4. The molecule has 6 heteroatoms. The molecule has 212 valence electrons. The first-order valence-corrected chi connectivity index (χ1v) is 15.2. The van der Waals surface area contributed by atoms with Crippen molar-refractivity contribution in [1.29, 1.82) is 0 Å². The minimum atomic E-state index is 0.144. The van der Waals surface area contributed by atoms with Crippen molar-refractivity contribution in [2.45, 2.75) is 0 Å². The number of fused-ring (bicyclic) bond motifs is 6. The van der Waals surface area contributed by atoms with Gasteiger partial charge in [-0.1, -0.05) is 109 Å². The molecule has 0 saturated heterocycles. The highest BCUT2D eigenvalue weighted by atomic mass is 35.5. The van der Waals surface area contributed by atoms with Gasteiger partial charge in [-0.3, -0.25) is 4.57 Å². The van der Waals surface area contributed by atoms with E-state index in [4.69, 9.17) is 16.6 Å². The summed E-state index contributed by atoms with van der Waals surface area (Å²) in [4.78, 5) is 14.4. The van der Waals surface area contributed by atoms with Crippen molar-refractivity contribution in [1.82, 2.24) is 24.1 Å². The van der Waals surface area contributed by atoms with Gasteiger partial charge in [0.15, 0.2) is 5.82 Å². The van der Waals surface area contributed by atoms with Crippen molar-refractivity contribution < 1.29 is 0 Å². The molecule has 0 amide bonds. The van der Waals surface area contributed by atoms with Crippen LogP contribution in [0.15, 0.2) is 146 Å². The molecule has 0 radical (unpaired) electrons. The van der Waals surface area contributed by atoms with Gasteiger partial charge in [0.2, 0.25) is 11.2 Å². The zero-order valence-corrected chi connectivity index (χ0v) is 24.7. The second kappa shape index (κ2) is 10.2. The van der Waals surface area contributed by atoms with Gasteiger partial charge in [-0.25, -0.2) is 0 Å². The van der Waals surface area contributed by atoms with Crippen molar-refractivity contribution in [3.63, 3.8) is 0 Å². The summed E-state index contributed by atoms with van der Waals surface area (Å²) >= 11 is 6.68. The van der Waals surface area contributed by atoms with Gasteiger partial charge in [0.1, 0.15) is 0 Å². The van der Waals surface area contributed by atoms with Crippen LogP contribution in [0.3, 0.4) is 0 Å². The Morgan fingerprint density at radius 1 is 0.400 bits per heavy atom. The summed E-state index contributed by atoms with van der Waals surface area (Å²) in [5, 5.41) is 4.76. The van der Waals surface area contributed by atoms with Crippen molar-refractivity contribution in [2.24, 2.45) is 0 Å². The number of hydrogen-bond donors (Lipinski definition) is 0. The number of halogens is 1. The Kier molecular flexibility index (Phi) is 5.80. The van der Waals surface area contributed by atoms with Crippen LogP contribution in [-0.2, 0) is 0 Å². The molecule has 5 nitrogen and oxygen atoms in total. The Bertz CT molecular complexity index is 2510. The molecule has 0 aliphatic carbocycles. The molecule has 0 N–H and O–H groups in total. The van der Waals surface area contributed by atoms with Crippen LogP contribution in [0.1, 0.15) is 0 Å². The first-order valence-electron chi connectivity index (χ1n) is 14.8. The van der Waals surface area contributed by atoms with Gasteiger partial charge >= 0.3 is 0 Å². The summed E-state index contributed by atoms with van der Waals surface area (Å²) in [5.41, 5.74) is 8.44. The smallest absolute Gasteiger partial charge is 0.239 e. The highest BCUT2D eigenvalue weighted by Gasteiger charge is 2.20. The summed E-state index contributed by atoms with van der Waals surface area (Å²) in [6.45, 7) is 0. The molecule has 0 bridgehead atoms. The van der Waals surface area contributed by atoms with Gasteiger partial charge in [0.25, 0.3) is 0 Å². The predicted molar refractivity (Wildman–Crippen MR) is 184 cm³/mol. The fourth-order valence-electron chi connectivity index (χ4n) is 6.71. The van der Waals surface area contributed by atoms with Crippen LogP contribution in [0.2, 0.25) is 5.28 Å². The lowest BCUT2D eigenvalue weighted by Gasteiger charge is -2.13. The van der Waals surface area contributed by atoms with E-state index in [0.717, 1.165) is 55.2 Å². The summed E-state index contributed by atoms with van der Waals surface area (Å²) in [5.74, 6) is 1.00. The first kappa shape index (κ1) is 25.7. The SMILES string of the molecule is Clc1nc(-c2ccccc2-c2cccc3c2c2ccccc2n3-c2ccccc2)nc(-n2c3ccccc3c3ccccc32)n1. The van der Waals surface area contributed by atoms with E-state index in [1.54, 1.807) is 0 Å². The summed E-state index contributed by atoms with van der Waals surface area (Å²) in [6.07, 6.45) is 0. The van der Waals surface area contributed by atoms with E-state index in [0.29, 0.717) is 11.8 Å². The van der Waals surface area contributed by atoms with Crippen LogP contribution in [0.25, 0.3) is 77.8 Å². The molecular weight excluding hydrogens is 574 g/mol. The summed E-state index contributed by atoms with van der Waals surface area (Å²) in [7, 11) is 0. The highest BCUT2D eigenvalue weighted by molar-refractivity contribution is 6.28. The Balaban J connectivity index is 1.30. The van der Waals surface area contributed by atoms with E-state index in [2.05, 4.69) is 140 Å². The molecule has 0 fully saturated rings. The number of benzene rings is 6. The lowest BCUT2D eigenvalue weighted by molar-refractivity contribution is 0.947. The standard InChI is InChI=1S/C39H24ClN5/c40-38-41-37(42-39(43-38)45-32-21-9-6-16-27(32)28-17-7-10-22-33(28)45)30-18-5-4-15-26(30)29-20-12-24-35-36(29)31-19-8-11-23-34(31)44(35)25-13-2-1-3-14-25/h1-24H. The van der Waals surface area contributed by atoms with Crippen molar-refractivity contribution in [2.75, 3.05) is 0 Å². The molecule has 0 atom stereocenters. The maximum absolute atomic E-state index is 6.68. The summed E-state index contributed by atoms with van der Waals surface area (Å²) < 4.78 is 4.40. The number of hydrogen-bond acceptors (Lipinski definition) is 3. The van der Waals surface area contributed by atoms with E-state index in [1.807, 2.05) is 24.3 Å². The molecule has 3 heterocycles. The molecule has 3 aromatic heterocycles. The normalized spacial score (nSPS) is 11.7. The minimum Gasteiger partial charge on any atom is -0.309 e. The van der Waals surface area contributed by atoms with E-state index in [1.165, 1.54) is 10.8 Å². The Hall–Kier alpha value is -5.78. The molecule has 45 heavy (non-hydrogen) atoms. The van der Waals surface area contributed by atoms with Gasteiger partial charge in [-0.15, -0.1) is 0 Å². The van der Waals surface area contributed by atoms with Gasteiger partial charge in [-0.2, -0.15) is 15.0 Å². The zero-order valence-electron chi connectivity index (χ0n) is 24.0. The average molecular weight is 598 g/mol. The fourth-order valence-corrected chi connectivity index (χ4v) is 6.87. The van der Waals surface area contributed by atoms with Crippen LogP contribution in [0, 0.1) is 0 Å². The maximum atomic E-state index is 6.68. The third-order valence-electron chi connectivity index (χ3n) is 8.55. The van der Waals surface area contributed by atoms with Crippen LogP contribution in [0.4, 0.5) is 0 Å². The van der Waals surface area contributed by atoms with E-state index in [9.17, 15) is 0 Å². The fraction of sp³-hybridized carbons (Fsp3) is 0. The largest absolute Gasteiger partial charge is 0.309 e. The molecule has 6 aromatic carbocycles. The van der Waals surface area contributed by atoms with Crippen LogP contribution < -0.4 is 0 Å². The van der Waals surface area contributed by atoms with Gasteiger partial charge < -0.3 is 4.57 Å². The van der Waals surface area contributed by atoms with Crippen LogP contribution in [0.5, 0.6) is 0 Å². The molecule has 9 aromatic rings. The third kappa shape index (κ3) is 3.98. The van der Waals surface area contributed by atoms with Gasteiger partial charge in [-0.05, 0) is 59.1 Å². The Morgan fingerprint density at radius 2 is 0.933 bits per heavy atom. The second-order valence-electron chi connectivity index (χ2n) is 11.0. The molecule has 0 aliphatic rings. The molecule has 9 rings (SSSR count). The predicted octanol–water partition coefficient (Wildman–Crippen LogP) is 10.1. The van der Waals surface area contributed by atoms with Crippen LogP contribution in [-0.4, -0.2) is 24.1 Å². The first-order chi connectivity index (χ1) is 22.3. The number of rotatable bonds is 4. The van der Waals surface area contributed by atoms with Crippen LogP contribution >= 0.6 is 11.6 Å². The van der Waals surface area contributed by atoms with Gasteiger partial charge in [0.05, 0.1) is 22.1 Å². The maximum Gasteiger partial charge on any atom is 0.239 e. The highest BCUT2D eigenvalue weighted by Crippen LogP contribution is 2.41. The number of nitrogens with zero attached hydrogens (tertiary/aromatic N) is 5. The summed E-state index contributed by atoms with van der Waals surface area (Å²) in [6, 6.07) is 50.4. The van der Waals surface area contributed by atoms with Crippen molar-refractivity contribution in [3.05, 3.63) is 151 Å². The Morgan fingerprint density at radius 3 is 1.64 bits per heavy atom. The molecule has 0 unspecified atom stereocenters. The van der Waals surface area contributed by atoms with Gasteiger partial charge in [0, 0.05) is 32.8 Å². The molecule has 0 aliphatic heterocycles. The number of aromatic nitrogens is 5. The average Bonchev–Trinajstić information content (AvgIpc) is 3.62. The minimum absolute atomic E-state index is 0.144. The van der Waals surface area contributed by atoms with E-state index < -0.39 is 0 Å². The molecular formula is C39H24ClN5. The zero-order chi connectivity index (χ0) is 29.9. The molecule has 0 spiro atoms.